The summed E-state index contributed by atoms with van der Waals surface area (Å²) >= 11 is 6.65. The number of anilines is 1. The normalized spacial score (nSPS) is 15.2. The number of rotatable bonds is 6. The number of benzene rings is 2. The van der Waals surface area contributed by atoms with Crippen molar-refractivity contribution in [2.24, 2.45) is 0 Å². The van der Waals surface area contributed by atoms with E-state index in [9.17, 15) is 14.4 Å². The molecule has 1 fully saturated rings. The van der Waals surface area contributed by atoms with Crippen LogP contribution in [0.1, 0.15) is 12.5 Å². The zero-order valence-electron chi connectivity index (χ0n) is 15.0. The van der Waals surface area contributed by atoms with Crippen molar-refractivity contribution in [3.05, 3.63) is 64.0 Å². The molecule has 0 bridgehead atoms. The molecule has 0 spiro atoms. The highest BCUT2D eigenvalue weighted by molar-refractivity contribution is 8.18. The molecule has 6 nitrogen and oxygen atoms in total. The number of ether oxygens (including phenoxy) is 1. The van der Waals surface area contributed by atoms with Gasteiger partial charge in [0.25, 0.3) is 11.1 Å². The van der Waals surface area contributed by atoms with Crippen LogP contribution in [-0.2, 0) is 9.59 Å². The molecule has 0 radical (unpaired) electrons. The topological polar surface area (TPSA) is 75.7 Å². The molecule has 8 heteroatoms. The number of nitrogens with zero attached hydrogens (tertiary/aromatic N) is 1. The molecule has 1 aliphatic rings. The maximum atomic E-state index is 12.5. The number of carbonyl (C=O) groups is 3. The number of hydrogen-bond acceptors (Lipinski definition) is 5. The van der Waals surface area contributed by atoms with Gasteiger partial charge in [-0.1, -0.05) is 23.7 Å². The van der Waals surface area contributed by atoms with Crippen molar-refractivity contribution in [1.29, 1.82) is 0 Å². The Labute approximate surface area is 171 Å². The molecular weight excluding hydrogens is 400 g/mol. The van der Waals surface area contributed by atoms with Crippen molar-refractivity contribution in [1.82, 2.24) is 4.90 Å². The van der Waals surface area contributed by atoms with E-state index in [0.717, 1.165) is 22.2 Å². The Morgan fingerprint density at radius 1 is 1.14 bits per heavy atom. The fourth-order valence-corrected chi connectivity index (χ4v) is 3.46. The van der Waals surface area contributed by atoms with Crippen molar-refractivity contribution in [3.8, 4) is 5.75 Å². The van der Waals surface area contributed by atoms with E-state index in [2.05, 4.69) is 5.32 Å². The second-order valence-corrected chi connectivity index (χ2v) is 7.25. The van der Waals surface area contributed by atoms with Gasteiger partial charge in [0.2, 0.25) is 5.91 Å². The monoisotopic (exact) mass is 416 g/mol. The van der Waals surface area contributed by atoms with Gasteiger partial charge in [-0.15, -0.1) is 0 Å². The lowest BCUT2D eigenvalue weighted by Crippen LogP contribution is -2.36. The Morgan fingerprint density at radius 3 is 2.46 bits per heavy atom. The molecule has 0 unspecified atom stereocenters. The standard InChI is InChI=1S/C20H17ClN2O4S/c1-2-27-16-9-7-15(8-10-16)22-18(24)12-23-19(25)17(28-20(23)26)11-13-3-5-14(21)6-4-13/h3-11H,2,12H2,1H3,(H,22,24)/b17-11-. The van der Waals surface area contributed by atoms with Gasteiger partial charge in [-0.05, 0) is 66.7 Å². The van der Waals surface area contributed by atoms with Gasteiger partial charge >= 0.3 is 0 Å². The van der Waals surface area contributed by atoms with Crippen LogP contribution in [-0.4, -0.2) is 35.1 Å². The molecule has 1 N–H and O–H groups in total. The molecule has 1 saturated heterocycles. The Kier molecular flexibility index (Phi) is 6.38. The van der Waals surface area contributed by atoms with E-state index in [4.69, 9.17) is 16.3 Å². The number of thioether (sulfide) groups is 1. The van der Waals surface area contributed by atoms with Crippen LogP contribution in [0.4, 0.5) is 10.5 Å². The van der Waals surface area contributed by atoms with Gasteiger partial charge in [0, 0.05) is 10.7 Å². The van der Waals surface area contributed by atoms with Crippen LogP contribution in [0.3, 0.4) is 0 Å². The summed E-state index contributed by atoms with van der Waals surface area (Å²) in [6, 6.07) is 13.7. The zero-order chi connectivity index (χ0) is 20.1. The largest absolute Gasteiger partial charge is 0.494 e. The molecule has 2 aromatic rings. The lowest BCUT2D eigenvalue weighted by molar-refractivity contribution is -0.127. The SMILES string of the molecule is CCOc1ccc(NC(=O)CN2C(=O)S/C(=C\c3ccc(Cl)cc3)C2=O)cc1. The van der Waals surface area contributed by atoms with Crippen molar-refractivity contribution in [2.75, 3.05) is 18.5 Å². The van der Waals surface area contributed by atoms with E-state index in [0.29, 0.717) is 23.1 Å². The second kappa shape index (κ2) is 8.95. The van der Waals surface area contributed by atoms with Crippen LogP contribution in [0.25, 0.3) is 6.08 Å². The fourth-order valence-electron chi connectivity index (χ4n) is 2.49. The first-order valence-corrected chi connectivity index (χ1v) is 9.69. The summed E-state index contributed by atoms with van der Waals surface area (Å²) in [5.74, 6) is -0.259. The molecule has 0 aromatic heterocycles. The van der Waals surface area contributed by atoms with Crippen LogP contribution in [0, 0.1) is 0 Å². The lowest BCUT2D eigenvalue weighted by atomic mass is 10.2. The Bertz CT molecular complexity index is 926. The third-order valence-electron chi connectivity index (χ3n) is 3.79. The number of nitrogens with one attached hydrogen (secondary N) is 1. The van der Waals surface area contributed by atoms with Gasteiger partial charge in [-0.2, -0.15) is 0 Å². The summed E-state index contributed by atoms with van der Waals surface area (Å²) in [7, 11) is 0. The van der Waals surface area contributed by atoms with E-state index in [-0.39, 0.29) is 11.4 Å². The highest BCUT2D eigenvalue weighted by atomic mass is 35.5. The molecule has 1 heterocycles. The molecule has 3 amide bonds. The average molecular weight is 417 g/mol. The Morgan fingerprint density at radius 2 is 1.82 bits per heavy atom. The van der Waals surface area contributed by atoms with Gasteiger partial charge in [-0.3, -0.25) is 19.3 Å². The van der Waals surface area contributed by atoms with E-state index < -0.39 is 17.1 Å². The number of carbonyl (C=O) groups excluding carboxylic acids is 3. The van der Waals surface area contributed by atoms with E-state index in [1.807, 2.05) is 6.92 Å². The predicted molar refractivity (Wildman–Crippen MR) is 110 cm³/mol. The number of halogens is 1. The van der Waals surface area contributed by atoms with E-state index in [1.165, 1.54) is 0 Å². The van der Waals surface area contributed by atoms with Gasteiger partial charge in [0.1, 0.15) is 12.3 Å². The average Bonchev–Trinajstić information content (AvgIpc) is 2.93. The van der Waals surface area contributed by atoms with Crippen LogP contribution in [0.15, 0.2) is 53.4 Å². The van der Waals surface area contributed by atoms with Crippen molar-refractivity contribution >= 4 is 52.2 Å². The van der Waals surface area contributed by atoms with Gasteiger partial charge in [0.15, 0.2) is 0 Å². The lowest BCUT2D eigenvalue weighted by Gasteiger charge is -2.12. The number of amides is 3. The summed E-state index contributed by atoms with van der Waals surface area (Å²) in [6.45, 7) is 2.08. The van der Waals surface area contributed by atoms with Crippen LogP contribution >= 0.6 is 23.4 Å². The maximum absolute atomic E-state index is 12.5. The van der Waals surface area contributed by atoms with Crippen LogP contribution < -0.4 is 10.1 Å². The number of imide groups is 1. The van der Waals surface area contributed by atoms with Crippen molar-refractivity contribution < 1.29 is 19.1 Å². The molecule has 2 aromatic carbocycles. The highest BCUT2D eigenvalue weighted by Gasteiger charge is 2.36. The first-order chi connectivity index (χ1) is 13.5. The fraction of sp³-hybridized carbons (Fsp3) is 0.150. The third-order valence-corrected chi connectivity index (χ3v) is 4.95. The molecule has 3 rings (SSSR count). The Hall–Kier alpha value is -2.77. The Balaban J connectivity index is 1.63. The molecule has 0 atom stereocenters. The quantitative estimate of drug-likeness (QED) is 0.706. The molecule has 144 valence electrons. The van der Waals surface area contributed by atoms with Gasteiger partial charge < -0.3 is 10.1 Å². The van der Waals surface area contributed by atoms with Gasteiger partial charge in [-0.25, -0.2) is 0 Å². The second-order valence-electron chi connectivity index (χ2n) is 5.82. The minimum absolute atomic E-state index is 0.265. The van der Waals surface area contributed by atoms with Gasteiger partial charge in [0.05, 0.1) is 11.5 Å². The molecular formula is C20H17ClN2O4S. The van der Waals surface area contributed by atoms with Crippen molar-refractivity contribution in [3.63, 3.8) is 0 Å². The summed E-state index contributed by atoms with van der Waals surface area (Å²) in [5, 5.41) is 2.77. The first kappa shape index (κ1) is 20.0. The molecule has 28 heavy (non-hydrogen) atoms. The third kappa shape index (κ3) is 4.94. The minimum atomic E-state index is -0.494. The van der Waals surface area contributed by atoms with Crippen LogP contribution in [0.2, 0.25) is 5.02 Å². The smallest absolute Gasteiger partial charge is 0.294 e. The van der Waals surface area contributed by atoms with E-state index in [1.54, 1.807) is 54.6 Å². The molecule has 1 aliphatic heterocycles. The maximum Gasteiger partial charge on any atom is 0.294 e. The predicted octanol–water partition coefficient (Wildman–Crippen LogP) is 4.41. The minimum Gasteiger partial charge on any atom is -0.494 e. The first-order valence-electron chi connectivity index (χ1n) is 8.50. The van der Waals surface area contributed by atoms with Crippen molar-refractivity contribution in [2.45, 2.75) is 6.92 Å². The summed E-state index contributed by atoms with van der Waals surface area (Å²) in [5.41, 5.74) is 1.30. The van der Waals surface area contributed by atoms with Crippen LogP contribution in [0.5, 0.6) is 5.75 Å². The summed E-state index contributed by atoms with van der Waals surface area (Å²) in [4.78, 5) is 38.1. The highest BCUT2D eigenvalue weighted by Crippen LogP contribution is 2.32. The summed E-state index contributed by atoms with van der Waals surface area (Å²) < 4.78 is 5.34. The molecule has 0 aliphatic carbocycles. The molecule has 0 saturated carbocycles. The number of hydrogen-bond donors (Lipinski definition) is 1. The van der Waals surface area contributed by atoms with E-state index >= 15 is 0 Å². The summed E-state index contributed by atoms with van der Waals surface area (Å²) in [6.07, 6.45) is 1.60. The zero-order valence-corrected chi connectivity index (χ0v) is 16.5.